The molecule has 1 aromatic rings. The second-order valence-corrected chi connectivity index (χ2v) is 5.69. The molecule has 0 aliphatic heterocycles. The fourth-order valence-electron chi connectivity index (χ4n) is 1.11. The van der Waals surface area contributed by atoms with Crippen molar-refractivity contribution in [3.8, 4) is 0 Å². The van der Waals surface area contributed by atoms with Gasteiger partial charge in [0, 0.05) is 10.5 Å². The molecule has 1 rings (SSSR count). The number of aliphatic carboxylic acids is 1. The van der Waals surface area contributed by atoms with Crippen LogP contribution in [0.5, 0.6) is 0 Å². The molecule has 16 heavy (non-hydrogen) atoms. The zero-order valence-corrected chi connectivity index (χ0v) is 10.4. The van der Waals surface area contributed by atoms with Crippen LogP contribution in [-0.2, 0) is 10.5 Å². The highest BCUT2D eigenvalue weighted by atomic mass is 32.2. The Hall–Kier alpha value is -1.01. The lowest BCUT2D eigenvalue weighted by Crippen LogP contribution is -2.46. The summed E-state index contributed by atoms with van der Waals surface area (Å²) in [7, 11) is 0. The van der Waals surface area contributed by atoms with Gasteiger partial charge in [-0.2, -0.15) is 0 Å². The van der Waals surface area contributed by atoms with Crippen molar-refractivity contribution < 1.29 is 14.3 Å². The average Bonchev–Trinajstić information content (AvgIpc) is 2.60. The number of nitrogens with zero attached hydrogens (tertiary/aromatic N) is 1. The van der Waals surface area contributed by atoms with Gasteiger partial charge in [-0.1, -0.05) is 0 Å². The average molecular weight is 244 g/mol. The van der Waals surface area contributed by atoms with E-state index in [0.29, 0.717) is 5.75 Å². The van der Waals surface area contributed by atoms with Crippen molar-refractivity contribution in [2.45, 2.75) is 37.3 Å². The van der Waals surface area contributed by atoms with E-state index >= 15 is 0 Å². The molecule has 0 amide bonds. The van der Waals surface area contributed by atoms with Gasteiger partial charge in [0.25, 0.3) is 0 Å². The summed E-state index contributed by atoms with van der Waals surface area (Å²) in [6, 6.07) is -0.898. The molecule has 1 aromatic heterocycles. The summed E-state index contributed by atoms with van der Waals surface area (Å²) in [5, 5.41) is 8.86. The lowest BCUT2D eigenvalue weighted by atomic mass is 10.1. The first kappa shape index (κ1) is 13.1. The SMILES string of the molecule is Cc1ocnc1CSC(C)(C)[C@H](N)C(=O)O. The summed E-state index contributed by atoms with van der Waals surface area (Å²) >= 11 is 1.46. The molecule has 0 aliphatic carbocycles. The molecule has 0 saturated carbocycles. The molecule has 0 bridgehead atoms. The van der Waals surface area contributed by atoms with Crippen LogP contribution in [0.2, 0.25) is 0 Å². The van der Waals surface area contributed by atoms with Crippen LogP contribution < -0.4 is 5.73 Å². The number of aromatic nitrogens is 1. The zero-order valence-electron chi connectivity index (χ0n) is 9.56. The van der Waals surface area contributed by atoms with E-state index in [-0.39, 0.29) is 0 Å². The maximum Gasteiger partial charge on any atom is 0.321 e. The monoisotopic (exact) mass is 244 g/mol. The first-order valence-corrected chi connectivity index (χ1v) is 5.84. The van der Waals surface area contributed by atoms with E-state index in [1.54, 1.807) is 0 Å². The number of carbonyl (C=O) groups is 1. The van der Waals surface area contributed by atoms with Crippen molar-refractivity contribution in [2.24, 2.45) is 5.73 Å². The number of hydrogen-bond acceptors (Lipinski definition) is 5. The Kier molecular flexibility index (Phi) is 3.98. The quantitative estimate of drug-likeness (QED) is 0.814. The summed E-state index contributed by atoms with van der Waals surface area (Å²) in [5.41, 5.74) is 6.44. The predicted molar refractivity (Wildman–Crippen MR) is 62.2 cm³/mol. The highest BCUT2D eigenvalue weighted by Gasteiger charge is 2.32. The van der Waals surface area contributed by atoms with Crippen LogP contribution >= 0.6 is 11.8 Å². The van der Waals surface area contributed by atoms with Crippen molar-refractivity contribution in [3.05, 3.63) is 17.8 Å². The first-order valence-electron chi connectivity index (χ1n) is 4.86. The van der Waals surface area contributed by atoms with Gasteiger partial charge in [-0.05, 0) is 20.8 Å². The van der Waals surface area contributed by atoms with Crippen LogP contribution in [0.3, 0.4) is 0 Å². The van der Waals surface area contributed by atoms with Gasteiger partial charge in [0.1, 0.15) is 11.8 Å². The maximum absolute atomic E-state index is 10.8. The molecule has 90 valence electrons. The second-order valence-electron chi connectivity index (χ2n) is 4.06. The molecule has 3 N–H and O–H groups in total. The van der Waals surface area contributed by atoms with Crippen LogP contribution in [0.4, 0.5) is 0 Å². The largest absolute Gasteiger partial charge is 0.480 e. The van der Waals surface area contributed by atoms with Gasteiger partial charge < -0.3 is 15.3 Å². The minimum atomic E-state index is -0.991. The fraction of sp³-hybridized carbons (Fsp3) is 0.600. The number of hydrogen-bond donors (Lipinski definition) is 2. The third kappa shape index (κ3) is 2.99. The van der Waals surface area contributed by atoms with E-state index < -0.39 is 16.8 Å². The van der Waals surface area contributed by atoms with Crippen molar-refractivity contribution in [1.29, 1.82) is 0 Å². The Morgan fingerprint density at radius 3 is 2.81 bits per heavy atom. The van der Waals surface area contributed by atoms with E-state index in [4.69, 9.17) is 15.3 Å². The van der Waals surface area contributed by atoms with Crippen molar-refractivity contribution in [3.63, 3.8) is 0 Å². The van der Waals surface area contributed by atoms with E-state index in [0.717, 1.165) is 11.5 Å². The summed E-state index contributed by atoms with van der Waals surface area (Å²) in [4.78, 5) is 14.8. The number of carboxylic acid groups (broad SMARTS) is 1. The summed E-state index contributed by atoms with van der Waals surface area (Å²) in [6.45, 7) is 5.45. The number of oxazole rings is 1. The Morgan fingerprint density at radius 2 is 2.38 bits per heavy atom. The van der Waals surface area contributed by atoms with Gasteiger partial charge >= 0.3 is 5.97 Å². The summed E-state index contributed by atoms with van der Waals surface area (Å²) < 4.78 is 4.52. The van der Waals surface area contributed by atoms with Crippen molar-refractivity contribution in [2.75, 3.05) is 0 Å². The van der Waals surface area contributed by atoms with Crippen molar-refractivity contribution in [1.82, 2.24) is 4.98 Å². The molecule has 0 fully saturated rings. The van der Waals surface area contributed by atoms with Crippen LogP contribution in [-0.4, -0.2) is 26.8 Å². The number of nitrogens with two attached hydrogens (primary N) is 1. The number of aryl methyl sites for hydroxylation is 1. The van der Waals surface area contributed by atoms with Gasteiger partial charge in [-0.15, -0.1) is 11.8 Å². The molecule has 0 spiro atoms. The lowest BCUT2D eigenvalue weighted by Gasteiger charge is -2.27. The number of carboxylic acids is 1. The molecule has 6 heteroatoms. The van der Waals surface area contributed by atoms with Crippen LogP contribution in [0.25, 0.3) is 0 Å². The third-order valence-corrected chi connectivity index (χ3v) is 3.86. The molecular formula is C10H16N2O3S. The van der Waals surface area contributed by atoms with Gasteiger partial charge in [0.2, 0.25) is 0 Å². The van der Waals surface area contributed by atoms with Gasteiger partial charge in [-0.3, -0.25) is 4.79 Å². The summed E-state index contributed by atoms with van der Waals surface area (Å²) in [5.74, 6) is 0.359. The normalized spacial score (nSPS) is 13.8. The fourth-order valence-corrected chi connectivity index (χ4v) is 2.18. The molecule has 0 saturated heterocycles. The number of rotatable bonds is 5. The standard InChI is InChI=1S/C10H16N2O3S/c1-6-7(12-5-15-6)4-16-10(2,3)8(11)9(13)14/h5,8H,4,11H2,1-3H3,(H,13,14)/t8-/m1/s1. The molecular weight excluding hydrogens is 228 g/mol. The highest BCUT2D eigenvalue weighted by Crippen LogP contribution is 2.30. The Balaban J connectivity index is 2.61. The van der Waals surface area contributed by atoms with E-state index in [1.807, 2.05) is 20.8 Å². The van der Waals surface area contributed by atoms with Gasteiger partial charge in [0.15, 0.2) is 6.39 Å². The van der Waals surface area contributed by atoms with Crippen LogP contribution in [0, 0.1) is 6.92 Å². The van der Waals surface area contributed by atoms with E-state index in [9.17, 15) is 4.79 Å². The smallest absolute Gasteiger partial charge is 0.321 e. The molecule has 0 radical (unpaired) electrons. The molecule has 0 aromatic carbocycles. The summed E-state index contributed by atoms with van der Waals surface area (Å²) in [6.07, 6.45) is 1.38. The molecule has 1 atom stereocenters. The Bertz CT molecular complexity index is 376. The van der Waals surface area contributed by atoms with Crippen molar-refractivity contribution >= 4 is 17.7 Å². The molecule has 5 nitrogen and oxygen atoms in total. The van der Waals surface area contributed by atoms with E-state index in [2.05, 4.69) is 4.98 Å². The maximum atomic E-state index is 10.8. The predicted octanol–water partition coefficient (Wildman–Crippen LogP) is 1.41. The Morgan fingerprint density at radius 1 is 1.75 bits per heavy atom. The van der Waals surface area contributed by atoms with Gasteiger partial charge in [-0.25, -0.2) is 4.98 Å². The molecule has 0 aliphatic rings. The topological polar surface area (TPSA) is 89.4 Å². The molecule has 0 unspecified atom stereocenters. The highest BCUT2D eigenvalue weighted by molar-refractivity contribution is 7.99. The Labute approximate surface area is 98.4 Å². The number of thioether (sulfide) groups is 1. The van der Waals surface area contributed by atoms with E-state index in [1.165, 1.54) is 18.2 Å². The second kappa shape index (κ2) is 4.88. The minimum absolute atomic E-state index is 0.544. The van der Waals surface area contributed by atoms with Gasteiger partial charge in [0.05, 0.1) is 5.69 Å². The minimum Gasteiger partial charge on any atom is -0.480 e. The first-order chi connectivity index (χ1) is 7.34. The third-order valence-electron chi connectivity index (χ3n) is 2.44. The van der Waals surface area contributed by atoms with Crippen LogP contribution in [0.15, 0.2) is 10.8 Å². The molecule has 1 heterocycles. The van der Waals surface area contributed by atoms with Crippen LogP contribution in [0.1, 0.15) is 25.3 Å². The lowest BCUT2D eigenvalue weighted by molar-refractivity contribution is -0.139. The zero-order chi connectivity index (χ0) is 12.3.